The zero-order valence-corrected chi connectivity index (χ0v) is 13.3. The van der Waals surface area contributed by atoms with Gasteiger partial charge in [-0.25, -0.2) is 0 Å². The van der Waals surface area contributed by atoms with Crippen molar-refractivity contribution in [2.24, 2.45) is 0 Å². The van der Waals surface area contributed by atoms with Crippen molar-refractivity contribution in [1.82, 2.24) is 4.98 Å². The third kappa shape index (κ3) is 2.71. The van der Waals surface area contributed by atoms with Gasteiger partial charge in [0.25, 0.3) is 5.91 Å². The second-order valence-corrected chi connectivity index (χ2v) is 5.90. The van der Waals surface area contributed by atoms with E-state index in [0.717, 1.165) is 36.0 Å². The number of hydrogen-bond donors (Lipinski definition) is 0. The van der Waals surface area contributed by atoms with Gasteiger partial charge in [0.1, 0.15) is 11.3 Å². The molecule has 0 atom stereocenters. The van der Waals surface area contributed by atoms with Gasteiger partial charge in [0.05, 0.1) is 0 Å². The zero-order valence-electron chi connectivity index (χ0n) is 13.3. The number of rotatable bonds is 3. The minimum Gasteiger partial charge on any atom is -0.481 e. The summed E-state index contributed by atoms with van der Waals surface area (Å²) in [6.45, 7) is 0.761. The molecule has 0 N–H and O–H groups in total. The Bertz CT molecular complexity index is 886. The van der Waals surface area contributed by atoms with E-state index < -0.39 is 0 Å². The molecule has 24 heavy (non-hydrogen) atoms. The van der Waals surface area contributed by atoms with Crippen LogP contribution in [-0.4, -0.2) is 24.0 Å². The maximum absolute atomic E-state index is 12.7. The van der Waals surface area contributed by atoms with Gasteiger partial charge in [-0.2, -0.15) is 0 Å². The van der Waals surface area contributed by atoms with Crippen molar-refractivity contribution in [3.05, 3.63) is 66.4 Å². The smallest absolute Gasteiger partial charge is 0.264 e. The van der Waals surface area contributed by atoms with Crippen LogP contribution in [0, 0.1) is 0 Å². The summed E-state index contributed by atoms with van der Waals surface area (Å²) in [7, 11) is 0. The van der Waals surface area contributed by atoms with E-state index in [9.17, 15) is 4.79 Å². The molecule has 4 rings (SSSR count). The monoisotopic (exact) mass is 318 g/mol. The summed E-state index contributed by atoms with van der Waals surface area (Å²) in [5, 5.41) is 1.01. The highest BCUT2D eigenvalue weighted by molar-refractivity contribution is 5.96. The summed E-state index contributed by atoms with van der Waals surface area (Å²) >= 11 is 0. The number of para-hydroxylation sites is 2. The van der Waals surface area contributed by atoms with Gasteiger partial charge in [0, 0.05) is 23.8 Å². The van der Waals surface area contributed by atoms with Crippen LogP contribution >= 0.6 is 0 Å². The van der Waals surface area contributed by atoms with Crippen molar-refractivity contribution in [2.75, 3.05) is 18.1 Å². The minimum absolute atomic E-state index is 0.0179. The molecule has 1 aliphatic heterocycles. The molecule has 2 aromatic carbocycles. The first-order chi connectivity index (χ1) is 11.8. The van der Waals surface area contributed by atoms with E-state index in [2.05, 4.69) is 11.1 Å². The molecule has 4 heteroatoms. The molecule has 1 amide bonds. The lowest BCUT2D eigenvalue weighted by atomic mass is 10.0. The number of fused-ring (bicyclic) bond motifs is 2. The number of nitrogens with zero attached hydrogens (tertiary/aromatic N) is 2. The fourth-order valence-electron chi connectivity index (χ4n) is 3.20. The van der Waals surface area contributed by atoms with Crippen LogP contribution in [0.1, 0.15) is 12.0 Å². The van der Waals surface area contributed by atoms with Crippen LogP contribution in [0.25, 0.3) is 10.9 Å². The number of hydrogen-bond acceptors (Lipinski definition) is 3. The summed E-state index contributed by atoms with van der Waals surface area (Å²) < 4.78 is 5.80. The van der Waals surface area contributed by atoms with Crippen molar-refractivity contribution in [3.63, 3.8) is 0 Å². The maximum Gasteiger partial charge on any atom is 0.264 e. The third-order valence-corrected chi connectivity index (χ3v) is 4.36. The highest BCUT2D eigenvalue weighted by atomic mass is 16.5. The second-order valence-electron chi connectivity index (χ2n) is 5.90. The zero-order chi connectivity index (χ0) is 16.4. The normalized spacial score (nSPS) is 13.6. The van der Waals surface area contributed by atoms with Crippen molar-refractivity contribution < 1.29 is 9.53 Å². The molecule has 0 radical (unpaired) electrons. The minimum atomic E-state index is -0.0184. The molecular formula is C20H18N2O2. The Morgan fingerprint density at radius 1 is 1.08 bits per heavy atom. The molecule has 3 aromatic rings. The van der Waals surface area contributed by atoms with Gasteiger partial charge < -0.3 is 9.64 Å². The Balaban J connectivity index is 1.53. The predicted molar refractivity (Wildman–Crippen MR) is 94.4 cm³/mol. The van der Waals surface area contributed by atoms with E-state index in [4.69, 9.17) is 4.74 Å². The molecule has 0 saturated carbocycles. The first kappa shape index (κ1) is 14.7. The average molecular weight is 318 g/mol. The highest BCUT2D eigenvalue weighted by Crippen LogP contribution is 2.27. The number of aryl methyl sites for hydroxylation is 1. The fourth-order valence-corrected chi connectivity index (χ4v) is 3.20. The number of anilines is 1. The molecular weight excluding hydrogens is 300 g/mol. The van der Waals surface area contributed by atoms with E-state index in [-0.39, 0.29) is 12.5 Å². The van der Waals surface area contributed by atoms with Gasteiger partial charge in [-0.05, 0) is 36.6 Å². The molecule has 2 heterocycles. The number of benzene rings is 2. The lowest BCUT2D eigenvalue weighted by molar-refractivity contribution is -0.120. The first-order valence-corrected chi connectivity index (χ1v) is 8.18. The largest absolute Gasteiger partial charge is 0.481 e. The lowest BCUT2D eigenvalue weighted by Gasteiger charge is -2.29. The third-order valence-electron chi connectivity index (χ3n) is 4.36. The van der Waals surface area contributed by atoms with Crippen LogP contribution in [0.15, 0.2) is 60.8 Å². The maximum atomic E-state index is 12.7. The summed E-state index contributed by atoms with van der Waals surface area (Å²) in [5.41, 5.74) is 3.02. The van der Waals surface area contributed by atoms with Gasteiger partial charge in [-0.1, -0.05) is 36.4 Å². The number of ether oxygens (including phenoxy) is 1. The fraction of sp³-hybridized carbons (Fsp3) is 0.200. The summed E-state index contributed by atoms with van der Waals surface area (Å²) in [6.07, 6.45) is 3.74. The molecule has 4 nitrogen and oxygen atoms in total. The van der Waals surface area contributed by atoms with Crippen LogP contribution < -0.4 is 9.64 Å². The average Bonchev–Trinajstić information content (AvgIpc) is 2.65. The van der Waals surface area contributed by atoms with Crippen LogP contribution in [0.2, 0.25) is 0 Å². The standard InChI is InChI=1S/C20H18N2O2/c23-19(22-13-5-9-15-6-1-2-10-17(15)22)14-24-18-11-3-7-16-8-4-12-21-20(16)18/h1-4,6-8,10-12H,5,9,13-14H2. The topological polar surface area (TPSA) is 42.4 Å². The Morgan fingerprint density at radius 3 is 2.92 bits per heavy atom. The van der Waals surface area contributed by atoms with Crippen molar-refractivity contribution >= 4 is 22.5 Å². The van der Waals surface area contributed by atoms with Gasteiger partial charge in [-0.15, -0.1) is 0 Å². The van der Waals surface area contributed by atoms with Gasteiger partial charge in [0.15, 0.2) is 6.61 Å². The quantitative estimate of drug-likeness (QED) is 0.741. The summed E-state index contributed by atoms with van der Waals surface area (Å²) in [5.74, 6) is 0.627. The number of amides is 1. The lowest BCUT2D eigenvalue weighted by Crippen LogP contribution is -2.38. The molecule has 1 aromatic heterocycles. The number of aromatic nitrogens is 1. The Labute approximate surface area is 140 Å². The van der Waals surface area contributed by atoms with Crippen molar-refractivity contribution in [1.29, 1.82) is 0 Å². The van der Waals surface area contributed by atoms with E-state index in [1.54, 1.807) is 6.20 Å². The van der Waals surface area contributed by atoms with Crippen LogP contribution in [-0.2, 0) is 11.2 Å². The van der Waals surface area contributed by atoms with E-state index in [0.29, 0.717) is 5.75 Å². The molecule has 0 saturated heterocycles. The highest BCUT2D eigenvalue weighted by Gasteiger charge is 2.22. The van der Waals surface area contributed by atoms with E-state index in [1.165, 1.54) is 5.56 Å². The van der Waals surface area contributed by atoms with Crippen molar-refractivity contribution in [3.8, 4) is 5.75 Å². The summed E-state index contributed by atoms with van der Waals surface area (Å²) in [6, 6.07) is 17.7. The molecule has 0 aliphatic carbocycles. The molecule has 0 spiro atoms. The Morgan fingerprint density at radius 2 is 1.96 bits per heavy atom. The van der Waals surface area contributed by atoms with Crippen LogP contribution in [0.5, 0.6) is 5.75 Å². The molecule has 0 bridgehead atoms. The van der Waals surface area contributed by atoms with Crippen molar-refractivity contribution in [2.45, 2.75) is 12.8 Å². The number of pyridine rings is 1. The molecule has 120 valence electrons. The van der Waals surface area contributed by atoms with Crippen LogP contribution in [0.4, 0.5) is 5.69 Å². The SMILES string of the molecule is O=C(COc1cccc2cccnc12)N1CCCc2ccccc21. The van der Waals surface area contributed by atoms with E-state index in [1.807, 2.05) is 53.4 Å². The van der Waals surface area contributed by atoms with Gasteiger partial charge in [-0.3, -0.25) is 9.78 Å². The second kappa shape index (κ2) is 6.32. The van der Waals surface area contributed by atoms with Crippen LogP contribution in [0.3, 0.4) is 0 Å². The predicted octanol–water partition coefficient (Wildman–Crippen LogP) is 3.59. The molecule has 0 fully saturated rings. The number of carbonyl (C=O) groups excluding carboxylic acids is 1. The first-order valence-electron chi connectivity index (χ1n) is 8.18. The van der Waals surface area contributed by atoms with Gasteiger partial charge in [0.2, 0.25) is 0 Å². The van der Waals surface area contributed by atoms with Gasteiger partial charge >= 0.3 is 0 Å². The molecule has 0 unspecified atom stereocenters. The molecule has 1 aliphatic rings. The Kier molecular flexibility index (Phi) is 3.87. The Hall–Kier alpha value is -2.88. The number of carbonyl (C=O) groups is 1. The van der Waals surface area contributed by atoms with E-state index >= 15 is 0 Å². The summed E-state index contributed by atoms with van der Waals surface area (Å²) in [4.78, 5) is 18.8.